The molecule has 0 atom stereocenters. The number of nitrogens with zero attached hydrogens (tertiary/aromatic N) is 1. The van der Waals surface area contributed by atoms with Crippen molar-refractivity contribution in [3.8, 4) is 0 Å². The molecule has 1 fully saturated rings. The van der Waals surface area contributed by atoms with Crippen molar-refractivity contribution in [2.75, 3.05) is 31.5 Å². The van der Waals surface area contributed by atoms with Crippen LogP contribution in [0.25, 0.3) is 0 Å². The van der Waals surface area contributed by atoms with Gasteiger partial charge in [-0.25, -0.2) is 0 Å². The van der Waals surface area contributed by atoms with Gasteiger partial charge in [0.1, 0.15) is 5.76 Å². The van der Waals surface area contributed by atoms with Crippen LogP contribution in [0.3, 0.4) is 0 Å². The number of hydrogen-bond acceptors (Lipinski definition) is 2. The smallest absolute Gasteiger partial charge is 0.173 e. The van der Waals surface area contributed by atoms with Crippen LogP contribution in [0.15, 0.2) is 47.1 Å². The second-order valence-corrected chi connectivity index (χ2v) is 7.60. The largest absolute Gasteiger partial charge is 0.467 e. The van der Waals surface area contributed by atoms with E-state index in [2.05, 4.69) is 41.4 Å². The third kappa shape index (κ3) is 5.85. The number of piperidine rings is 1. The lowest BCUT2D eigenvalue weighted by atomic mass is 10.1. The Kier molecular flexibility index (Phi) is 7.09. The lowest BCUT2D eigenvalue weighted by Crippen LogP contribution is -3.12. The van der Waals surface area contributed by atoms with Crippen molar-refractivity contribution in [2.45, 2.75) is 39.2 Å². The fourth-order valence-corrected chi connectivity index (χ4v) is 3.86. The predicted molar refractivity (Wildman–Crippen MR) is 111 cm³/mol. The van der Waals surface area contributed by atoms with Crippen LogP contribution in [0.2, 0.25) is 0 Å². The summed E-state index contributed by atoms with van der Waals surface area (Å²) in [6, 6.07) is 12.3. The standard InChI is InChI=1S/C21H29N3OS/c1-18-8-5-9-19(16-18)22-21(26)24(17-20-10-6-15-25-20)14-7-13-23-11-3-2-4-12-23/h5-6,8-10,15-16H,2-4,7,11-14,17H2,1H3,(H,22,26)/p+1. The van der Waals surface area contributed by atoms with Gasteiger partial charge in [-0.15, -0.1) is 0 Å². The normalized spacial score (nSPS) is 15.0. The van der Waals surface area contributed by atoms with Gasteiger partial charge >= 0.3 is 0 Å². The third-order valence-electron chi connectivity index (χ3n) is 5.00. The molecule has 0 saturated carbocycles. The van der Waals surface area contributed by atoms with Crippen LogP contribution in [0.4, 0.5) is 5.69 Å². The molecule has 1 aromatic carbocycles. The van der Waals surface area contributed by atoms with E-state index < -0.39 is 0 Å². The number of likely N-dealkylation sites (tertiary alicyclic amines) is 1. The Morgan fingerprint density at radius 3 is 2.77 bits per heavy atom. The Hall–Kier alpha value is -1.85. The number of rotatable bonds is 7. The minimum absolute atomic E-state index is 0.708. The Labute approximate surface area is 162 Å². The summed E-state index contributed by atoms with van der Waals surface area (Å²) in [6.07, 6.45) is 7.02. The van der Waals surface area contributed by atoms with E-state index in [0.29, 0.717) is 6.54 Å². The van der Waals surface area contributed by atoms with Crippen molar-refractivity contribution in [2.24, 2.45) is 0 Å². The van der Waals surface area contributed by atoms with Gasteiger partial charge < -0.3 is 19.5 Å². The number of thiocarbonyl (C=S) groups is 1. The van der Waals surface area contributed by atoms with Gasteiger partial charge in [-0.3, -0.25) is 0 Å². The zero-order valence-electron chi connectivity index (χ0n) is 15.7. The molecule has 1 saturated heterocycles. The molecule has 2 aromatic rings. The summed E-state index contributed by atoms with van der Waals surface area (Å²) in [5.74, 6) is 0.948. The van der Waals surface area contributed by atoms with Crippen LogP contribution in [0.1, 0.15) is 37.0 Å². The first-order valence-electron chi connectivity index (χ1n) is 9.69. The monoisotopic (exact) mass is 372 g/mol. The first kappa shape index (κ1) is 18.9. The zero-order valence-corrected chi connectivity index (χ0v) is 16.5. The lowest BCUT2D eigenvalue weighted by molar-refractivity contribution is -0.905. The van der Waals surface area contributed by atoms with Crippen molar-refractivity contribution in [3.63, 3.8) is 0 Å². The summed E-state index contributed by atoms with van der Waals surface area (Å²) in [5.41, 5.74) is 2.27. The highest BCUT2D eigenvalue weighted by molar-refractivity contribution is 7.80. The predicted octanol–water partition coefficient (Wildman–Crippen LogP) is 3.25. The van der Waals surface area contributed by atoms with Crippen LogP contribution < -0.4 is 10.2 Å². The van der Waals surface area contributed by atoms with E-state index in [4.69, 9.17) is 16.6 Å². The van der Waals surface area contributed by atoms with E-state index in [1.807, 2.05) is 12.1 Å². The van der Waals surface area contributed by atoms with Gasteiger partial charge in [0.25, 0.3) is 0 Å². The fraction of sp³-hybridized carbons (Fsp3) is 0.476. The quantitative estimate of drug-likeness (QED) is 0.731. The molecule has 140 valence electrons. The van der Waals surface area contributed by atoms with E-state index in [1.54, 1.807) is 11.2 Å². The van der Waals surface area contributed by atoms with Crippen molar-refractivity contribution in [1.29, 1.82) is 0 Å². The van der Waals surface area contributed by atoms with E-state index in [-0.39, 0.29) is 0 Å². The van der Waals surface area contributed by atoms with E-state index in [0.717, 1.165) is 29.5 Å². The summed E-state index contributed by atoms with van der Waals surface area (Å²) >= 11 is 5.71. The first-order valence-corrected chi connectivity index (χ1v) is 10.1. The van der Waals surface area contributed by atoms with E-state index in [9.17, 15) is 0 Å². The van der Waals surface area contributed by atoms with Crippen LogP contribution in [-0.2, 0) is 6.54 Å². The fourth-order valence-electron chi connectivity index (χ4n) is 3.59. The number of hydrogen-bond donors (Lipinski definition) is 2. The molecule has 1 aliphatic rings. The van der Waals surface area contributed by atoms with Crippen LogP contribution in [-0.4, -0.2) is 36.2 Å². The molecule has 2 heterocycles. The SMILES string of the molecule is Cc1cccc(NC(=S)N(CCC[NH+]2CCCCC2)Cc2ccco2)c1. The highest BCUT2D eigenvalue weighted by Gasteiger charge is 2.16. The maximum atomic E-state index is 5.71. The van der Waals surface area contributed by atoms with E-state index in [1.165, 1.54) is 44.5 Å². The van der Waals surface area contributed by atoms with Crippen molar-refractivity contribution in [1.82, 2.24) is 4.90 Å². The Bertz CT molecular complexity index is 680. The molecule has 0 amide bonds. The summed E-state index contributed by atoms with van der Waals surface area (Å²) in [4.78, 5) is 3.96. The van der Waals surface area contributed by atoms with Gasteiger partial charge in [-0.1, -0.05) is 12.1 Å². The number of aryl methyl sites for hydroxylation is 1. The molecule has 2 N–H and O–H groups in total. The zero-order chi connectivity index (χ0) is 18.2. The van der Waals surface area contributed by atoms with Crippen LogP contribution in [0.5, 0.6) is 0 Å². The van der Waals surface area contributed by atoms with Gasteiger partial charge in [0.05, 0.1) is 32.4 Å². The highest BCUT2D eigenvalue weighted by Crippen LogP contribution is 2.13. The molecule has 1 aromatic heterocycles. The Morgan fingerprint density at radius 1 is 1.19 bits per heavy atom. The Morgan fingerprint density at radius 2 is 2.04 bits per heavy atom. The first-order chi connectivity index (χ1) is 12.7. The van der Waals surface area contributed by atoms with Gasteiger partial charge in [0.2, 0.25) is 0 Å². The number of benzene rings is 1. The summed E-state index contributed by atoms with van der Waals surface area (Å²) in [6.45, 7) is 7.62. The topological polar surface area (TPSA) is 32.9 Å². The molecule has 4 nitrogen and oxygen atoms in total. The van der Waals surface area contributed by atoms with Gasteiger partial charge in [0, 0.05) is 18.7 Å². The molecule has 0 bridgehead atoms. The highest BCUT2D eigenvalue weighted by atomic mass is 32.1. The number of quaternary nitrogens is 1. The number of nitrogens with one attached hydrogen (secondary N) is 2. The maximum absolute atomic E-state index is 5.71. The Balaban J connectivity index is 1.57. The molecule has 1 aliphatic heterocycles. The van der Waals surface area contributed by atoms with Gasteiger partial charge in [-0.2, -0.15) is 0 Å². The van der Waals surface area contributed by atoms with Crippen LogP contribution in [0, 0.1) is 6.92 Å². The molecular weight excluding hydrogens is 342 g/mol. The molecule has 3 rings (SSSR count). The minimum atomic E-state index is 0.708. The minimum Gasteiger partial charge on any atom is -0.467 e. The number of furan rings is 1. The molecule has 0 radical (unpaired) electrons. The molecule has 0 unspecified atom stereocenters. The molecule has 0 spiro atoms. The van der Waals surface area contributed by atoms with Crippen molar-refractivity contribution < 1.29 is 9.32 Å². The summed E-state index contributed by atoms with van der Waals surface area (Å²) in [5, 5.41) is 4.16. The molecule has 5 heteroatoms. The molecule has 0 aliphatic carbocycles. The second-order valence-electron chi connectivity index (χ2n) is 7.21. The van der Waals surface area contributed by atoms with Gasteiger partial charge in [-0.05, 0) is 68.2 Å². The van der Waals surface area contributed by atoms with Crippen LogP contribution >= 0.6 is 12.2 Å². The van der Waals surface area contributed by atoms with Gasteiger partial charge in [0.15, 0.2) is 5.11 Å². The maximum Gasteiger partial charge on any atom is 0.173 e. The second kappa shape index (κ2) is 9.74. The molecular formula is C21H30N3OS+. The lowest BCUT2D eigenvalue weighted by Gasteiger charge is -2.27. The average Bonchev–Trinajstić information content (AvgIpc) is 3.15. The number of anilines is 1. The van der Waals surface area contributed by atoms with E-state index >= 15 is 0 Å². The molecule has 26 heavy (non-hydrogen) atoms. The van der Waals surface area contributed by atoms with Crippen molar-refractivity contribution >= 4 is 23.0 Å². The third-order valence-corrected chi connectivity index (χ3v) is 5.36. The average molecular weight is 373 g/mol. The summed E-state index contributed by atoms with van der Waals surface area (Å²) < 4.78 is 5.55. The summed E-state index contributed by atoms with van der Waals surface area (Å²) in [7, 11) is 0. The van der Waals surface area contributed by atoms with Crippen molar-refractivity contribution in [3.05, 3.63) is 54.0 Å².